The van der Waals surface area contributed by atoms with E-state index in [9.17, 15) is 4.79 Å². The quantitative estimate of drug-likeness (QED) is 0.161. The van der Waals surface area contributed by atoms with Crippen LogP contribution in [-0.2, 0) is 35.3 Å². The number of hydrogen-bond acceptors (Lipinski definition) is 4. The molecular formula is C42H46ClN3O3. The number of hydrogen-bond donors (Lipinski definition) is 0. The van der Waals surface area contributed by atoms with Gasteiger partial charge in [-0.3, -0.25) is 0 Å². The summed E-state index contributed by atoms with van der Waals surface area (Å²) in [6.07, 6.45) is 0.268. The summed E-state index contributed by atoms with van der Waals surface area (Å²) in [6.45, 7) is 15.2. The van der Waals surface area contributed by atoms with E-state index in [4.69, 9.17) is 26.2 Å². The predicted octanol–water partition coefficient (Wildman–Crippen LogP) is 9.85. The van der Waals surface area contributed by atoms with Crippen LogP contribution in [0.2, 0.25) is 5.02 Å². The largest absolute Gasteiger partial charge is 0.487 e. The van der Waals surface area contributed by atoms with Crippen molar-refractivity contribution in [3.63, 3.8) is 0 Å². The number of carbonyl (C=O) groups excluding carboxylic acids is 1. The number of amides is 1. The van der Waals surface area contributed by atoms with Gasteiger partial charge in [-0.25, -0.2) is 9.48 Å². The van der Waals surface area contributed by atoms with Crippen LogP contribution >= 0.6 is 11.6 Å². The highest BCUT2D eigenvalue weighted by atomic mass is 35.5. The van der Waals surface area contributed by atoms with E-state index in [1.54, 1.807) is 4.90 Å². The molecule has 6 rings (SSSR count). The summed E-state index contributed by atoms with van der Waals surface area (Å²) in [5, 5.41) is 6.21. The van der Waals surface area contributed by atoms with Gasteiger partial charge in [0, 0.05) is 34.8 Å². The van der Waals surface area contributed by atoms with E-state index in [0.717, 1.165) is 50.5 Å². The number of carbonyl (C=O) groups is 1. The fraction of sp³-hybridized carbons (Fsp3) is 0.333. The predicted molar refractivity (Wildman–Crippen MR) is 196 cm³/mol. The van der Waals surface area contributed by atoms with Gasteiger partial charge < -0.3 is 14.4 Å². The van der Waals surface area contributed by atoms with Crippen molar-refractivity contribution in [2.45, 2.75) is 84.6 Å². The molecule has 5 aromatic rings. The SMILES string of the molecule is Cc1cc(OCc2nn(C(c3ccccc3)(c3ccccc3)c3ccccc3)c3c2CN(C(=O)OC(C)(C)C)CC3)c(C(C)(C)C)cc1Cl. The fourth-order valence-electron chi connectivity index (χ4n) is 6.77. The molecule has 7 heteroatoms. The van der Waals surface area contributed by atoms with Crippen molar-refractivity contribution in [2.75, 3.05) is 6.54 Å². The summed E-state index contributed by atoms with van der Waals surface area (Å²) in [5.41, 5.74) is 6.47. The molecule has 0 saturated carbocycles. The van der Waals surface area contributed by atoms with Crippen LogP contribution in [-0.4, -0.2) is 32.9 Å². The normalized spacial score (nSPS) is 13.6. The second-order valence-electron chi connectivity index (χ2n) is 14.9. The Balaban J connectivity index is 1.57. The topological polar surface area (TPSA) is 56.6 Å². The standard InChI is InChI=1S/C42H46ClN3O3/c1-29-25-38(34(26-35(29)43)40(2,3)4)48-28-36-33-27-45(39(47)49-41(5,6)7)24-23-37(33)46(44-36)42(30-17-11-8-12-18-30,31-19-13-9-14-20-31)32-21-15-10-16-22-32/h8-22,25-26H,23-24,27-28H2,1-7H3. The first-order valence-corrected chi connectivity index (χ1v) is 17.3. The third kappa shape index (κ3) is 6.84. The lowest BCUT2D eigenvalue weighted by Gasteiger charge is -2.39. The minimum atomic E-state index is -0.798. The molecule has 1 aliphatic rings. The van der Waals surface area contributed by atoms with E-state index >= 15 is 0 Å². The first kappa shape index (κ1) is 34.3. The molecule has 0 fully saturated rings. The van der Waals surface area contributed by atoms with Crippen molar-refractivity contribution < 1.29 is 14.3 Å². The molecule has 1 aliphatic heterocycles. The molecule has 0 saturated heterocycles. The molecule has 49 heavy (non-hydrogen) atoms. The number of nitrogens with zero attached hydrogens (tertiary/aromatic N) is 3. The zero-order valence-electron chi connectivity index (χ0n) is 29.6. The lowest BCUT2D eigenvalue weighted by Crippen LogP contribution is -2.43. The highest BCUT2D eigenvalue weighted by Gasteiger charge is 2.43. The van der Waals surface area contributed by atoms with Gasteiger partial charge in [0.1, 0.15) is 29.2 Å². The fourth-order valence-corrected chi connectivity index (χ4v) is 6.94. The second kappa shape index (κ2) is 13.4. The van der Waals surface area contributed by atoms with Gasteiger partial charge in [0.25, 0.3) is 0 Å². The number of halogens is 1. The minimum absolute atomic E-state index is 0.192. The molecule has 2 heterocycles. The van der Waals surface area contributed by atoms with Gasteiger partial charge in [-0.2, -0.15) is 5.10 Å². The lowest BCUT2D eigenvalue weighted by atomic mass is 9.76. The summed E-state index contributed by atoms with van der Waals surface area (Å²) >= 11 is 6.60. The van der Waals surface area contributed by atoms with Gasteiger partial charge >= 0.3 is 6.09 Å². The van der Waals surface area contributed by atoms with Crippen molar-refractivity contribution in [3.05, 3.63) is 153 Å². The van der Waals surface area contributed by atoms with Gasteiger partial charge in [-0.15, -0.1) is 0 Å². The van der Waals surface area contributed by atoms with Crippen LogP contribution in [0.25, 0.3) is 0 Å². The van der Waals surface area contributed by atoms with E-state index < -0.39 is 11.1 Å². The van der Waals surface area contributed by atoms with Crippen molar-refractivity contribution in [1.82, 2.24) is 14.7 Å². The van der Waals surface area contributed by atoms with Crippen LogP contribution in [0.4, 0.5) is 4.79 Å². The number of aromatic nitrogens is 2. The summed E-state index contributed by atoms with van der Waals surface area (Å²) in [4.78, 5) is 15.2. The van der Waals surface area contributed by atoms with Crippen LogP contribution in [0, 0.1) is 6.92 Å². The maximum Gasteiger partial charge on any atom is 0.410 e. The van der Waals surface area contributed by atoms with Crippen LogP contribution in [0.5, 0.6) is 5.75 Å². The van der Waals surface area contributed by atoms with Crippen LogP contribution in [0.1, 0.15) is 86.3 Å². The minimum Gasteiger partial charge on any atom is -0.487 e. The Bertz CT molecular complexity index is 1830. The molecule has 6 nitrogen and oxygen atoms in total. The average molecular weight is 676 g/mol. The summed E-state index contributed by atoms with van der Waals surface area (Å²) < 4.78 is 14.7. The van der Waals surface area contributed by atoms with E-state index in [1.807, 2.05) is 58.0 Å². The number of ether oxygens (including phenoxy) is 2. The first-order valence-electron chi connectivity index (χ1n) is 17.0. The van der Waals surface area contributed by atoms with Gasteiger partial charge in [0.15, 0.2) is 0 Å². The average Bonchev–Trinajstić information content (AvgIpc) is 3.43. The third-order valence-corrected chi connectivity index (χ3v) is 9.53. The molecule has 0 spiro atoms. The molecule has 0 atom stereocenters. The molecule has 1 amide bonds. The van der Waals surface area contributed by atoms with Crippen LogP contribution in [0.15, 0.2) is 103 Å². The third-order valence-electron chi connectivity index (χ3n) is 9.12. The summed E-state index contributed by atoms with van der Waals surface area (Å²) in [7, 11) is 0. The van der Waals surface area contributed by atoms with Gasteiger partial charge in [0.05, 0.1) is 6.54 Å². The summed E-state index contributed by atoms with van der Waals surface area (Å²) in [5.74, 6) is 0.776. The molecule has 0 aliphatic carbocycles. The molecule has 4 aromatic carbocycles. The molecule has 0 N–H and O–H groups in total. The Hall–Kier alpha value is -4.55. The monoisotopic (exact) mass is 675 g/mol. The maximum absolute atomic E-state index is 13.4. The second-order valence-corrected chi connectivity index (χ2v) is 15.3. The zero-order valence-corrected chi connectivity index (χ0v) is 30.3. The number of fused-ring (bicyclic) bond motifs is 1. The van der Waals surface area contributed by atoms with Crippen LogP contribution in [0.3, 0.4) is 0 Å². The van der Waals surface area contributed by atoms with Crippen molar-refractivity contribution in [1.29, 1.82) is 0 Å². The molecule has 254 valence electrons. The molecular weight excluding hydrogens is 630 g/mol. The van der Waals surface area contributed by atoms with E-state index in [-0.39, 0.29) is 18.1 Å². The molecule has 0 unspecified atom stereocenters. The van der Waals surface area contributed by atoms with Crippen LogP contribution < -0.4 is 4.74 Å². The Morgan fingerprint density at radius 1 is 0.816 bits per heavy atom. The van der Waals surface area contributed by atoms with Gasteiger partial charge in [-0.1, -0.05) is 123 Å². The van der Waals surface area contributed by atoms with Crippen molar-refractivity contribution >= 4 is 17.7 Å². The lowest BCUT2D eigenvalue weighted by molar-refractivity contribution is 0.0221. The number of aryl methyl sites for hydroxylation is 1. The maximum atomic E-state index is 13.4. The molecule has 1 aromatic heterocycles. The highest BCUT2D eigenvalue weighted by Crippen LogP contribution is 2.43. The Labute approximate surface area is 295 Å². The van der Waals surface area contributed by atoms with Gasteiger partial charge in [-0.05, 0) is 67.5 Å². The van der Waals surface area contributed by atoms with E-state index in [2.05, 4.69) is 98.2 Å². The van der Waals surface area contributed by atoms with Crippen molar-refractivity contribution in [2.24, 2.45) is 0 Å². The van der Waals surface area contributed by atoms with Gasteiger partial charge in [0.2, 0.25) is 0 Å². The molecule has 0 bridgehead atoms. The summed E-state index contributed by atoms with van der Waals surface area (Å²) in [6, 6.07) is 35.7. The Morgan fingerprint density at radius 2 is 1.35 bits per heavy atom. The number of benzene rings is 4. The Kier molecular flexibility index (Phi) is 9.38. The Morgan fingerprint density at radius 3 is 1.84 bits per heavy atom. The smallest absolute Gasteiger partial charge is 0.410 e. The zero-order chi connectivity index (χ0) is 35.0. The highest BCUT2D eigenvalue weighted by molar-refractivity contribution is 6.31. The van der Waals surface area contributed by atoms with E-state index in [0.29, 0.717) is 24.5 Å². The number of rotatable bonds is 7. The van der Waals surface area contributed by atoms with Crippen molar-refractivity contribution in [3.8, 4) is 5.75 Å². The van der Waals surface area contributed by atoms with E-state index in [1.165, 1.54) is 0 Å². The first-order chi connectivity index (χ1) is 23.3. The molecule has 0 radical (unpaired) electrons.